The average molecular weight is 459 g/mol. The van der Waals surface area contributed by atoms with E-state index in [0.717, 1.165) is 19.3 Å². The smallest absolute Gasteiger partial charge is 0.344 e. The number of carbonyl (C=O) groups excluding carboxylic acids is 2. The molecule has 0 aromatic rings. The van der Waals surface area contributed by atoms with Crippen molar-refractivity contribution < 1.29 is 29.3 Å². The van der Waals surface area contributed by atoms with Gasteiger partial charge in [0.2, 0.25) is 0 Å². The Bertz CT molecular complexity index is 439. The van der Waals surface area contributed by atoms with Gasteiger partial charge in [-0.15, -0.1) is 0 Å². The van der Waals surface area contributed by atoms with E-state index < -0.39 is 37.2 Å². The molecule has 6 heteroatoms. The molecule has 0 rings (SSSR count). The van der Waals surface area contributed by atoms with Gasteiger partial charge in [-0.2, -0.15) is 0 Å². The Labute approximate surface area is 196 Å². The highest BCUT2D eigenvalue weighted by Crippen LogP contribution is 2.22. The van der Waals surface area contributed by atoms with Crippen molar-refractivity contribution >= 4 is 11.9 Å². The van der Waals surface area contributed by atoms with Crippen molar-refractivity contribution in [3.8, 4) is 0 Å². The van der Waals surface area contributed by atoms with E-state index in [9.17, 15) is 19.8 Å². The molecular formula is C26H50O6. The normalized spacial score (nSPS) is 11.5. The summed E-state index contributed by atoms with van der Waals surface area (Å²) >= 11 is 0. The molecule has 0 unspecified atom stereocenters. The van der Waals surface area contributed by atoms with Crippen LogP contribution in [0.15, 0.2) is 0 Å². The maximum Gasteiger partial charge on any atom is 0.344 e. The number of hydrogen-bond acceptors (Lipinski definition) is 6. The maximum atomic E-state index is 11.9. The highest BCUT2D eigenvalue weighted by molar-refractivity contribution is 5.80. The van der Waals surface area contributed by atoms with Gasteiger partial charge in [0, 0.05) is 0 Å². The average Bonchev–Trinajstić information content (AvgIpc) is 2.81. The molecular weight excluding hydrogens is 408 g/mol. The van der Waals surface area contributed by atoms with Gasteiger partial charge in [-0.1, -0.05) is 110 Å². The van der Waals surface area contributed by atoms with E-state index in [-0.39, 0.29) is 6.42 Å². The fourth-order valence-corrected chi connectivity index (χ4v) is 3.70. The quantitative estimate of drug-likeness (QED) is 0.150. The highest BCUT2D eigenvalue weighted by atomic mass is 16.6. The zero-order valence-electron chi connectivity index (χ0n) is 20.9. The molecule has 190 valence electrons. The third-order valence-electron chi connectivity index (χ3n) is 6.30. The molecule has 0 radical (unpaired) electrons. The van der Waals surface area contributed by atoms with Crippen molar-refractivity contribution in [1.29, 1.82) is 0 Å². The van der Waals surface area contributed by atoms with E-state index in [1.165, 1.54) is 83.5 Å². The molecule has 6 nitrogen and oxygen atoms in total. The van der Waals surface area contributed by atoms with E-state index in [1.54, 1.807) is 6.92 Å². The predicted octanol–water partition coefficient (Wildman–Crippen LogP) is 5.72. The topological polar surface area (TPSA) is 93.1 Å². The molecule has 0 atom stereocenters. The van der Waals surface area contributed by atoms with Gasteiger partial charge in [0.1, 0.15) is 5.41 Å². The highest BCUT2D eigenvalue weighted by Gasteiger charge is 2.37. The second-order valence-corrected chi connectivity index (χ2v) is 9.05. The summed E-state index contributed by atoms with van der Waals surface area (Å²) in [5.74, 6) is -1.37. The summed E-state index contributed by atoms with van der Waals surface area (Å²) in [7, 11) is 0. The first-order valence-corrected chi connectivity index (χ1v) is 13.1. The summed E-state index contributed by atoms with van der Waals surface area (Å²) in [5.41, 5.74) is -1.35. The van der Waals surface area contributed by atoms with Crippen LogP contribution in [0.3, 0.4) is 0 Å². The molecule has 0 aromatic heterocycles. The Hall–Kier alpha value is -1.14. The zero-order chi connectivity index (χ0) is 23.9. The number of ether oxygens (including phenoxy) is 2. The van der Waals surface area contributed by atoms with Crippen LogP contribution >= 0.6 is 0 Å². The molecule has 0 aromatic carbocycles. The van der Waals surface area contributed by atoms with Crippen LogP contribution in [-0.4, -0.2) is 48.6 Å². The summed E-state index contributed by atoms with van der Waals surface area (Å²) in [6.45, 7) is 2.73. The lowest BCUT2D eigenvalue weighted by Gasteiger charge is -2.25. The molecule has 0 fully saturated rings. The molecule has 0 saturated carbocycles. The minimum absolute atomic E-state index is 0.229. The number of carbonyl (C=O) groups is 2. The molecule has 0 bridgehead atoms. The molecule has 2 N–H and O–H groups in total. The predicted molar refractivity (Wildman–Crippen MR) is 128 cm³/mol. The zero-order valence-corrected chi connectivity index (χ0v) is 20.9. The Morgan fingerprint density at radius 3 is 1.41 bits per heavy atom. The van der Waals surface area contributed by atoms with E-state index in [1.807, 2.05) is 0 Å². The summed E-state index contributed by atoms with van der Waals surface area (Å²) in [6.07, 6.45) is 20.9. The Morgan fingerprint density at radius 2 is 1.03 bits per heavy atom. The number of hydrogen-bond donors (Lipinski definition) is 2. The lowest BCUT2D eigenvalue weighted by atomic mass is 9.87. The minimum Gasteiger partial charge on any atom is -0.463 e. The number of esters is 2. The van der Waals surface area contributed by atoms with Gasteiger partial charge >= 0.3 is 11.9 Å². The lowest BCUT2D eigenvalue weighted by Crippen LogP contribution is -2.40. The number of unbranched alkanes of at least 4 members (excludes halogenated alkanes) is 15. The van der Waals surface area contributed by atoms with Crippen LogP contribution in [0.5, 0.6) is 0 Å². The largest absolute Gasteiger partial charge is 0.463 e. The van der Waals surface area contributed by atoms with Crippen molar-refractivity contribution in [2.24, 2.45) is 5.41 Å². The van der Waals surface area contributed by atoms with Crippen LogP contribution in [0, 0.1) is 5.41 Å². The third-order valence-corrected chi connectivity index (χ3v) is 6.30. The van der Waals surface area contributed by atoms with Gasteiger partial charge in [-0.3, -0.25) is 4.79 Å². The summed E-state index contributed by atoms with van der Waals surface area (Å²) in [5, 5.41) is 18.6. The van der Waals surface area contributed by atoms with Crippen LogP contribution in [0.4, 0.5) is 0 Å². The minimum atomic E-state index is -1.35. The van der Waals surface area contributed by atoms with Crippen molar-refractivity contribution in [1.82, 2.24) is 0 Å². The Balaban J connectivity index is 3.43. The van der Waals surface area contributed by atoms with Crippen LogP contribution in [-0.2, 0) is 19.1 Å². The second-order valence-electron chi connectivity index (χ2n) is 9.05. The fraction of sp³-hybridized carbons (Fsp3) is 0.923. The molecule has 0 aliphatic heterocycles. The molecule has 0 amide bonds. The van der Waals surface area contributed by atoms with Crippen molar-refractivity contribution in [2.75, 3.05) is 26.4 Å². The van der Waals surface area contributed by atoms with Crippen LogP contribution in [0.25, 0.3) is 0 Å². The van der Waals surface area contributed by atoms with E-state index >= 15 is 0 Å². The summed E-state index contributed by atoms with van der Waals surface area (Å²) < 4.78 is 9.98. The lowest BCUT2D eigenvalue weighted by molar-refractivity contribution is -0.170. The first kappa shape index (κ1) is 30.9. The third kappa shape index (κ3) is 15.6. The number of aliphatic hydroxyl groups is 2. The Kier molecular flexibility index (Phi) is 20.9. The monoisotopic (exact) mass is 458 g/mol. The maximum absolute atomic E-state index is 11.9. The number of aliphatic hydroxyl groups excluding tert-OH is 2. The van der Waals surface area contributed by atoms with Gasteiger partial charge in [-0.05, 0) is 12.8 Å². The molecule has 0 saturated heterocycles. The molecule has 0 spiro atoms. The van der Waals surface area contributed by atoms with Crippen LogP contribution in [0.2, 0.25) is 0 Å². The van der Waals surface area contributed by atoms with Crippen LogP contribution < -0.4 is 0 Å². The van der Waals surface area contributed by atoms with Crippen molar-refractivity contribution in [2.45, 2.75) is 123 Å². The van der Waals surface area contributed by atoms with E-state index in [2.05, 4.69) is 6.92 Å². The molecule has 32 heavy (non-hydrogen) atoms. The molecule has 0 heterocycles. The van der Waals surface area contributed by atoms with E-state index in [4.69, 9.17) is 9.47 Å². The first-order chi connectivity index (χ1) is 15.6. The standard InChI is InChI=1S/C26H50O6/c1-3-5-6-7-8-9-10-11-12-13-14-15-16-17-18-19-20-31-24(29)21-32-25(30)26(4-2,22-27)23-28/h27-28H,3-23H2,1-2H3. The van der Waals surface area contributed by atoms with E-state index in [0.29, 0.717) is 6.61 Å². The fourth-order valence-electron chi connectivity index (χ4n) is 3.70. The molecule has 0 aliphatic rings. The van der Waals surface area contributed by atoms with Crippen molar-refractivity contribution in [3.63, 3.8) is 0 Å². The number of rotatable bonds is 23. The second kappa shape index (κ2) is 21.7. The summed E-state index contributed by atoms with van der Waals surface area (Å²) in [6, 6.07) is 0. The van der Waals surface area contributed by atoms with Crippen LogP contribution in [0.1, 0.15) is 123 Å². The van der Waals surface area contributed by atoms with Gasteiger partial charge in [0.15, 0.2) is 6.61 Å². The first-order valence-electron chi connectivity index (χ1n) is 13.1. The SMILES string of the molecule is CCCCCCCCCCCCCCCCCCOC(=O)COC(=O)C(CC)(CO)CO. The van der Waals surface area contributed by atoms with Gasteiger partial charge in [-0.25, -0.2) is 4.79 Å². The summed E-state index contributed by atoms with van der Waals surface area (Å²) in [4.78, 5) is 23.6. The van der Waals surface area contributed by atoms with Gasteiger partial charge in [0.25, 0.3) is 0 Å². The van der Waals surface area contributed by atoms with Gasteiger partial charge in [0.05, 0.1) is 19.8 Å². The molecule has 0 aliphatic carbocycles. The van der Waals surface area contributed by atoms with Gasteiger partial charge < -0.3 is 19.7 Å². The Morgan fingerprint density at radius 1 is 0.625 bits per heavy atom. The van der Waals surface area contributed by atoms with Crippen molar-refractivity contribution in [3.05, 3.63) is 0 Å².